The number of carbonyl (C=O) groups excluding carboxylic acids is 1. The molecule has 3 heterocycles. The first kappa shape index (κ1) is 25.2. The van der Waals surface area contributed by atoms with E-state index in [0.717, 1.165) is 27.9 Å². The normalized spacial score (nSPS) is 16.2. The molecular formula is C26H25FN4O4S2. The van der Waals surface area contributed by atoms with Crippen molar-refractivity contribution in [2.24, 2.45) is 0 Å². The lowest BCUT2D eigenvalue weighted by molar-refractivity contribution is -0.121. The van der Waals surface area contributed by atoms with Crippen molar-refractivity contribution in [3.8, 4) is 5.75 Å². The van der Waals surface area contributed by atoms with Gasteiger partial charge >= 0.3 is 0 Å². The number of amides is 1. The third-order valence-electron chi connectivity index (χ3n) is 6.13. The molecule has 0 spiro atoms. The maximum absolute atomic E-state index is 14.0. The first-order valence-electron chi connectivity index (χ1n) is 11.9. The zero-order chi connectivity index (χ0) is 26.0. The Bertz CT molecular complexity index is 1510. The van der Waals surface area contributed by atoms with E-state index >= 15 is 0 Å². The smallest absolute Gasteiger partial charge is 0.247 e. The van der Waals surface area contributed by atoms with Crippen molar-refractivity contribution >= 4 is 42.6 Å². The zero-order valence-electron chi connectivity index (χ0n) is 20.1. The molecule has 0 aliphatic carbocycles. The number of carbonyl (C=O) groups is 1. The number of pyridine rings is 1. The maximum Gasteiger partial charge on any atom is 0.247 e. The minimum atomic E-state index is -4.00. The molecule has 1 aliphatic heterocycles. The Labute approximate surface area is 218 Å². The van der Waals surface area contributed by atoms with E-state index in [1.807, 2.05) is 31.2 Å². The predicted octanol–water partition coefficient (Wildman–Crippen LogP) is 4.62. The molecule has 37 heavy (non-hydrogen) atoms. The number of fused-ring (bicyclic) bond motifs is 1. The molecule has 1 saturated heterocycles. The van der Waals surface area contributed by atoms with Crippen LogP contribution in [0.2, 0.25) is 0 Å². The molecule has 0 N–H and O–H groups in total. The van der Waals surface area contributed by atoms with Gasteiger partial charge in [-0.1, -0.05) is 17.4 Å². The lowest BCUT2D eigenvalue weighted by Crippen LogP contribution is -2.47. The number of hydrogen-bond acceptors (Lipinski definition) is 7. The van der Waals surface area contributed by atoms with Gasteiger partial charge in [0.15, 0.2) is 5.13 Å². The molecule has 5 rings (SSSR count). The summed E-state index contributed by atoms with van der Waals surface area (Å²) in [5.74, 6) is -0.183. The average Bonchev–Trinajstić information content (AvgIpc) is 3.56. The summed E-state index contributed by atoms with van der Waals surface area (Å²) in [6, 6.07) is 12.9. The summed E-state index contributed by atoms with van der Waals surface area (Å²) < 4.78 is 47.9. The van der Waals surface area contributed by atoms with Crippen molar-refractivity contribution in [1.82, 2.24) is 14.3 Å². The largest absolute Gasteiger partial charge is 0.494 e. The Morgan fingerprint density at radius 1 is 1.22 bits per heavy atom. The number of thiazole rings is 1. The molecule has 1 aliphatic rings. The first-order valence-corrected chi connectivity index (χ1v) is 14.1. The molecule has 0 radical (unpaired) electrons. The molecule has 192 valence electrons. The lowest BCUT2D eigenvalue weighted by Gasteiger charge is -2.28. The van der Waals surface area contributed by atoms with Crippen LogP contribution in [0, 0.1) is 5.82 Å². The Morgan fingerprint density at radius 3 is 2.76 bits per heavy atom. The number of rotatable bonds is 8. The highest BCUT2D eigenvalue weighted by molar-refractivity contribution is 7.89. The first-order chi connectivity index (χ1) is 17.9. The van der Waals surface area contributed by atoms with Gasteiger partial charge in [-0.25, -0.2) is 17.8 Å². The highest BCUT2D eigenvalue weighted by Gasteiger charge is 2.42. The maximum atomic E-state index is 14.0. The van der Waals surface area contributed by atoms with E-state index in [1.165, 1.54) is 32.7 Å². The second-order valence-corrected chi connectivity index (χ2v) is 11.5. The molecular weight excluding hydrogens is 515 g/mol. The molecule has 1 amide bonds. The summed E-state index contributed by atoms with van der Waals surface area (Å²) in [5, 5.41) is 0.462. The fourth-order valence-electron chi connectivity index (χ4n) is 4.38. The summed E-state index contributed by atoms with van der Waals surface area (Å²) in [5.41, 5.74) is 1.51. The quantitative estimate of drug-likeness (QED) is 0.324. The number of halogens is 1. The van der Waals surface area contributed by atoms with Gasteiger partial charge in [0.1, 0.15) is 17.6 Å². The number of nitrogens with zero attached hydrogens (tertiary/aromatic N) is 4. The van der Waals surface area contributed by atoms with E-state index in [-0.39, 0.29) is 23.9 Å². The van der Waals surface area contributed by atoms with E-state index in [2.05, 4.69) is 4.98 Å². The summed E-state index contributed by atoms with van der Waals surface area (Å²) >= 11 is 1.34. The van der Waals surface area contributed by atoms with Crippen LogP contribution in [0.1, 0.15) is 25.3 Å². The van der Waals surface area contributed by atoms with Crippen LogP contribution in [0.4, 0.5) is 9.52 Å². The molecule has 2 aromatic carbocycles. The van der Waals surface area contributed by atoms with Crippen LogP contribution < -0.4 is 9.64 Å². The molecule has 1 atom stereocenters. The molecule has 1 unspecified atom stereocenters. The van der Waals surface area contributed by atoms with Crippen molar-refractivity contribution in [3.63, 3.8) is 0 Å². The van der Waals surface area contributed by atoms with Crippen molar-refractivity contribution in [1.29, 1.82) is 0 Å². The van der Waals surface area contributed by atoms with Crippen molar-refractivity contribution in [2.75, 3.05) is 18.1 Å². The van der Waals surface area contributed by atoms with Crippen molar-refractivity contribution < 1.29 is 22.3 Å². The van der Waals surface area contributed by atoms with Crippen LogP contribution in [0.15, 0.2) is 71.9 Å². The van der Waals surface area contributed by atoms with Crippen LogP contribution in [0.3, 0.4) is 0 Å². The number of sulfonamides is 1. The van der Waals surface area contributed by atoms with Crippen molar-refractivity contribution in [3.05, 3.63) is 78.4 Å². The van der Waals surface area contributed by atoms with Gasteiger partial charge in [-0.05, 0) is 73.9 Å². The van der Waals surface area contributed by atoms with Gasteiger partial charge < -0.3 is 4.74 Å². The third kappa shape index (κ3) is 5.20. The molecule has 11 heteroatoms. The summed E-state index contributed by atoms with van der Waals surface area (Å²) in [7, 11) is -4.00. The van der Waals surface area contributed by atoms with E-state index in [1.54, 1.807) is 18.5 Å². The predicted molar refractivity (Wildman–Crippen MR) is 140 cm³/mol. The standard InChI is InChI=1S/C26H25FN4O4S2/c1-2-35-20-9-12-22-24(15-20)36-26(29-22)30(17-18-5-3-13-28-16-18)25(32)23-6-4-14-31(23)37(33,34)21-10-7-19(27)8-11-21/h3,5,7-13,15-16,23H,2,4,6,14,17H2,1H3. The topological polar surface area (TPSA) is 92.7 Å². The highest BCUT2D eigenvalue weighted by atomic mass is 32.2. The summed E-state index contributed by atoms with van der Waals surface area (Å²) in [6.07, 6.45) is 4.23. The molecule has 0 bridgehead atoms. The van der Waals surface area contributed by atoms with E-state index in [0.29, 0.717) is 30.3 Å². The van der Waals surface area contributed by atoms with Crippen LogP contribution >= 0.6 is 11.3 Å². The van der Waals surface area contributed by atoms with E-state index < -0.39 is 21.9 Å². The van der Waals surface area contributed by atoms with E-state index in [4.69, 9.17) is 9.72 Å². The molecule has 0 saturated carbocycles. The second-order valence-electron chi connectivity index (χ2n) is 8.57. The van der Waals surface area contributed by atoms with Crippen LogP contribution in [-0.4, -0.2) is 47.8 Å². The zero-order valence-corrected chi connectivity index (χ0v) is 21.7. The highest BCUT2D eigenvalue weighted by Crippen LogP contribution is 2.35. The number of benzene rings is 2. The number of hydrogen-bond donors (Lipinski definition) is 0. The summed E-state index contributed by atoms with van der Waals surface area (Å²) in [4.78, 5) is 24.4. The lowest BCUT2D eigenvalue weighted by atomic mass is 10.2. The van der Waals surface area contributed by atoms with Crippen LogP contribution in [0.5, 0.6) is 5.75 Å². The van der Waals surface area contributed by atoms with E-state index in [9.17, 15) is 17.6 Å². The molecule has 4 aromatic rings. The Morgan fingerprint density at radius 2 is 2.03 bits per heavy atom. The molecule has 1 fully saturated rings. The van der Waals surface area contributed by atoms with Gasteiger partial charge in [-0.3, -0.25) is 14.7 Å². The minimum Gasteiger partial charge on any atom is -0.494 e. The van der Waals surface area contributed by atoms with Gasteiger partial charge in [0.2, 0.25) is 15.9 Å². The number of aromatic nitrogens is 2. The second kappa shape index (κ2) is 10.5. The third-order valence-corrected chi connectivity index (χ3v) is 9.09. The molecule has 2 aromatic heterocycles. The molecule has 8 nitrogen and oxygen atoms in total. The monoisotopic (exact) mass is 540 g/mol. The van der Waals surface area contributed by atoms with Gasteiger partial charge in [0, 0.05) is 18.9 Å². The Hall–Kier alpha value is -3.41. The fourth-order valence-corrected chi connectivity index (χ4v) is 7.02. The van der Waals surface area contributed by atoms with Gasteiger partial charge in [-0.2, -0.15) is 4.31 Å². The average molecular weight is 541 g/mol. The SMILES string of the molecule is CCOc1ccc2nc(N(Cc3cccnc3)C(=O)C3CCCN3S(=O)(=O)c3ccc(F)cc3)sc2c1. The Kier molecular flexibility index (Phi) is 7.18. The van der Waals surface area contributed by atoms with Gasteiger partial charge in [0.05, 0.1) is 28.3 Å². The minimum absolute atomic E-state index is 0.0455. The summed E-state index contributed by atoms with van der Waals surface area (Å²) in [6.45, 7) is 2.83. The van der Waals surface area contributed by atoms with Crippen LogP contribution in [-0.2, 0) is 21.4 Å². The van der Waals surface area contributed by atoms with Gasteiger partial charge in [0.25, 0.3) is 0 Å². The number of anilines is 1. The fraction of sp³-hybridized carbons (Fsp3) is 0.269. The van der Waals surface area contributed by atoms with Crippen LogP contribution in [0.25, 0.3) is 10.2 Å². The Balaban J connectivity index is 1.51. The number of ether oxygens (including phenoxy) is 1. The van der Waals surface area contributed by atoms with Gasteiger partial charge in [-0.15, -0.1) is 0 Å². The van der Waals surface area contributed by atoms with Crippen molar-refractivity contribution in [2.45, 2.75) is 37.2 Å².